The second-order valence-corrected chi connectivity index (χ2v) is 7.39. The molecule has 0 aromatic carbocycles. The van der Waals surface area contributed by atoms with E-state index in [1.54, 1.807) is 11.3 Å². The summed E-state index contributed by atoms with van der Waals surface area (Å²) in [4.78, 5) is 28.2. The number of fused-ring (bicyclic) bond motifs is 1. The summed E-state index contributed by atoms with van der Waals surface area (Å²) in [6, 6.07) is 2.26. The molecule has 114 valence electrons. The van der Waals surface area contributed by atoms with Gasteiger partial charge in [-0.05, 0) is 57.1 Å². The molecule has 0 radical (unpaired) electrons. The highest BCUT2D eigenvalue weighted by Crippen LogP contribution is 2.32. The molecule has 5 heteroatoms. The highest BCUT2D eigenvalue weighted by molar-refractivity contribution is 7.14. The zero-order valence-electron chi connectivity index (χ0n) is 12.4. The fraction of sp³-hybridized carbons (Fsp3) is 0.625. The minimum Gasteiger partial charge on any atom is -0.369 e. The maximum atomic E-state index is 12.8. The van der Waals surface area contributed by atoms with E-state index < -0.39 is 0 Å². The Hall–Kier alpha value is -1.36. The maximum absolute atomic E-state index is 12.8. The van der Waals surface area contributed by atoms with Crippen molar-refractivity contribution in [3.8, 4) is 0 Å². The Morgan fingerprint density at radius 2 is 2.05 bits per heavy atom. The van der Waals surface area contributed by atoms with E-state index in [9.17, 15) is 9.59 Å². The summed E-state index contributed by atoms with van der Waals surface area (Å²) >= 11 is 1.64. The monoisotopic (exact) mass is 306 g/mol. The van der Waals surface area contributed by atoms with E-state index >= 15 is 0 Å². The van der Waals surface area contributed by atoms with E-state index in [2.05, 4.69) is 13.0 Å². The number of aryl methyl sites for hydroxylation is 2. The van der Waals surface area contributed by atoms with Gasteiger partial charge >= 0.3 is 0 Å². The van der Waals surface area contributed by atoms with E-state index in [4.69, 9.17) is 5.73 Å². The SMILES string of the molecule is CC1CCC(C(N)=O)CN1C(=O)c1cc2c(s1)CCCC2. The molecule has 1 aromatic rings. The predicted octanol–water partition coefficient (Wildman–Crippen LogP) is 2.35. The standard InChI is InChI=1S/C16H22N2O2S/c1-10-6-7-12(15(17)19)9-18(10)16(20)14-8-11-4-2-3-5-13(11)21-14/h8,10,12H,2-7,9H2,1H3,(H2,17,19). The summed E-state index contributed by atoms with van der Waals surface area (Å²) in [7, 11) is 0. The van der Waals surface area contributed by atoms with Gasteiger partial charge in [0.25, 0.3) is 5.91 Å². The van der Waals surface area contributed by atoms with Gasteiger partial charge in [0.2, 0.25) is 5.91 Å². The second kappa shape index (κ2) is 5.79. The van der Waals surface area contributed by atoms with Gasteiger partial charge in [0.05, 0.1) is 10.8 Å². The lowest BCUT2D eigenvalue weighted by molar-refractivity contribution is -0.123. The quantitative estimate of drug-likeness (QED) is 0.911. The smallest absolute Gasteiger partial charge is 0.264 e. The number of carbonyl (C=O) groups excluding carboxylic acids is 2. The highest BCUT2D eigenvalue weighted by Gasteiger charge is 2.33. The molecule has 2 amide bonds. The first-order valence-corrected chi connectivity index (χ1v) is 8.59. The Bertz CT molecular complexity index is 543. The van der Waals surface area contributed by atoms with E-state index in [1.807, 2.05) is 4.90 Å². The van der Waals surface area contributed by atoms with Crippen molar-refractivity contribution in [1.29, 1.82) is 0 Å². The summed E-state index contributed by atoms with van der Waals surface area (Å²) in [5.41, 5.74) is 6.77. The first-order valence-electron chi connectivity index (χ1n) is 7.78. The molecule has 2 unspecified atom stereocenters. The van der Waals surface area contributed by atoms with E-state index in [0.29, 0.717) is 6.54 Å². The molecule has 1 aliphatic carbocycles. The fourth-order valence-corrected chi connectivity index (χ4v) is 4.57. The van der Waals surface area contributed by atoms with Gasteiger partial charge in [-0.2, -0.15) is 0 Å². The van der Waals surface area contributed by atoms with Crippen molar-refractivity contribution < 1.29 is 9.59 Å². The Labute approximate surface area is 129 Å². The van der Waals surface area contributed by atoms with Gasteiger partial charge < -0.3 is 10.6 Å². The largest absolute Gasteiger partial charge is 0.369 e. The lowest BCUT2D eigenvalue weighted by Gasteiger charge is -2.36. The third-order valence-electron chi connectivity index (χ3n) is 4.75. The number of nitrogens with two attached hydrogens (primary N) is 1. The Morgan fingerprint density at radius 3 is 2.76 bits per heavy atom. The van der Waals surface area contributed by atoms with Crippen molar-refractivity contribution in [2.45, 2.75) is 51.5 Å². The summed E-state index contributed by atoms with van der Waals surface area (Å²) < 4.78 is 0. The summed E-state index contributed by atoms with van der Waals surface area (Å²) in [5.74, 6) is -0.405. The van der Waals surface area contributed by atoms with Gasteiger partial charge in [-0.1, -0.05) is 0 Å². The molecule has 2 N–H and O–H groups in total. The first-order chi connectivity index (χ1) is 10.1. The number of amides is 2. The number of hydrogen-bond acceptors (Lipinski definition) is 3. The van der Waals surface area contributed by atoms with Crippen molar-refractivity contribution in [3.63, 3.8) is 0 Å². The van der Waals surface area contributed by atoms with Crippen molar-refractivity contribution in [3.05, 3.63) is 21.4 Å². The Balaban J connectivity index is 1.79. The molecule has 0 spiro atoms. The maximum Gasteiger partial charge on any atom is 0.264 e. The minimum absolute atomic E-state index is 0.0767. The fourth-order valence-electron chi connectivity index (χ4n) is 3.36. The average molecular weight is 306 g/mol. The van der Waals surface area contributed by atoms with Gasteiger partial charge in [0.15, 0.2) is 0 Å². The molecule has 2 aliphatic rings. The van der Waals surface area contributed by atoms with Crippen LogP contribution in [-0.2, 0) is 17.6 Å². The predicted molar refractivity (Wildman–Crippen MR) is 83.4 cm³/mol. The minimum atomic E-state index is -0.287. The number of likely N-dealkylation sites (tertiary alicyclic amines) is 1. The van der Waals surface area contributed by atoms with Gasteiger partial charge in [0, 0.05) is 17.5 Å². The average Bonchev–Trinajstić information content (AvgIpc) is 2.90. The summed E-state index contributed by atoms with van der Waals surface area (Å²) in [5, 5.41) is 0. The van der Waals surface area contributed by atoms with Gasteiger partial charge in [-0.25, -0.2) is 0 Å². The third kappa shape index (κ3) is 2.84. The van der Waals surface area contributed by atoms with Crippen LogP contribution < -0.4 is 5.73 Å². The number of carbonyl (C=O) groups is 2. The van der Waals surface area contributed by atoms with Gasteiger partial charge in [-0.15, -0.1) is 11.3 Å². The number of piperidine rings is 1. The molecule has 1 fully saturated rings. The molecule has 1 aromatic heterocycles. The van der Waals surface area contributed by atoms with Crippen LogP contribution >= 0.6 is 11.3 Å². The number of primary amides is 1. The third-order valence-corrected chi connectivity index (χ3v) is 5.98. The van der Waals surface area contributed by atoms with Crippen LogP contribution in [0.1, 0.15) is 52.7 Å². The molecule has 2 heterocycles. The number of rotatable bonds is 2. The van der Waals surface area contributed by atoms with E-state index in [-0.39, 0.29) is 23.8 Å². The normalized spacial score (nSPS) is 25.5. The summed E-state index contributed by atoms with van der Waals surface area (Å²) in [6.07, 6.45) is 6.29. The van der Waals surface area contributed by atoms with Crippen LogP contribution in [0.2, 0.25) is 0 Å². The van der Waals surface area contributed by atoms with E-state index in [1.165, 1.54) is 23.3 Å². The highest BCUT2D eigenvalue weighted by atomic mass is 32.1. The van der Waals surface area contributed by atoms with Crippen molar-refractivity contribution >= 4 is 23.2 Å². The van der Waals surface area contributed by atoms with Crippen LogP contribution in [0.4, 0.5) is 0 Å². The molecule has 2 atom stereocenters. The van der Waals surface area contributed by atoms with Gasteiger partial charge in [-0.3, -0.25) is 9.59 Å². The molecule has 1 saturated heterocycles. The molecular formula is C16H22N2O2S. The van der Waals surface area contributed by atoms with Crippen LogP contribution in [0.15, 0.2) is 6.07 Å². The van der Waals surface area contributed by atoms with Crippen molar-refractivity contribution in [2.24, 2.45) is 11.7 Å². The topological polar surface area (TPSA) is 63.4 Å². The van der Waals surface area contributed by atoms with Gasteiger partial charge in [0.1, 0.15) is 0 Å². The van der Waals surface area contributed by atoms with Crippen LogP contribution in [-0.4, -0.2) is 29.3 Å². The molecule has 0 saturated carbocycles. The number of thiophene rings is 1. The van der Waals surface area contributed by atoms with Crippen molar-refractivity contribution in [2.75, 3.05) is 6.54 Å². The first kappa shape index (κ1) is 14.6. The molecule has 3 rings (SSSR count). The van der Waals surface area contributed by atoms with Crippen LogP contribution in [0.3, 0.4) is 0 Å². The lowest BCUT2D eigenvalue weighted by atomic mass is 9.92. The molecule has 4 nitrogen and oxygen atoms in total. The molecule has 0 bridgehead atoms. The summed E-state index contributed by atoms with van der Waals surface area (Å²) in [6.45, 7) is 2.53. The Morgan fingerprint density at radius 1 is 1.29 bits per heavy atom. The lowest BCUT2D eigenvalue weighted by Crippen LogP contribution is -2.48. The zero-order chi connectivity index (χ0) is 15.0. The van der Waals surface area contributed by atoms with Crippen LogP contribution in [0, 0.1) is 5.92 Å². The van der Waals surface area contributed by atoms with Crippen molar-refractivity contribution in [1.82, 2.24) is 4.90 Å². The second-order valence-electron chi connectivity index (χ2n) is 6.25. The van der Waals surface area contributed by atoms with Crippen LogP contribution in [0.5, 0.6) is 0 Å². The number of nitrogens with zero attached hydrogens (tertiary/aromatic N) is 1. The number of hydrogen-bond donors (Lipinski definition) is 1. The molecule has 1 aliphatic heterocycles. The van der Waals surface area contributed by atoms with E-state index in [0.717, 1.165) is 30.6 Å². The molecule has 21 heavy (non-hydrogen) atoms. The Kier molecular flexibility index (Phi) is 4.02. The zero-order valence-corrected chi connectivity index (χ0v) is 13.2. The van der Waals surface area contributed by atoms with Crippen LogP contribution in [0.25, 0.3) is 0 Å². The molecular weight excluding hydrogens is 284 g/mol.